The number of sulfonamides is 1. The topological polar surface area (TPSA) is 144 Å². The van der Waals surface area contributed by atoms with E-state index in [1.54, 1.807) is 36.4 Å². The average Bonchev–Trinajstić information content (AvgIpc) is 2.82. The maximum Gasteiger partial charge on any atom is 0.286 e. The van der Waals surface area contributed by atoms with Crippen molar-refractivity contribution in [1.82, 2.24) is 4.57 Å². The number of nitrogens with one attached hydrogen (secondary N) is 1. The van der Waals surface area contributed by atoms with Crippen molar-refractivity contribution < 1.29 is 18.4 Å². The summed E-state index contributed by atoms with van der Waals surface area (Å²) in [6.45, 7) is 0.0290. The van der Waals surface area contributed by atoms with Gasteiger partial charge in [0.1, 0.15) is 16.2 Å². The summed E-state index contributed by atoms with van der Waals surface area (Å²) in [5.74, 6) is -0.689. The number of nitro benzene ring substituents is 1. The molecule has 5 rings (SSSR count). The largest absolute Gasteiger partial charge is 0.506 e. The molecule has 2 heterocycles. The van der Waals surface area contributed by atoms with E-state index in [2.05, 4.69) is 9.71 Å². The van der Waals surface area contributed by atoms with Crippen LogP contribution in [0, 0.1) is 10.1 Å². The molecule has 11 heteroatoms. The van der Waals surface area contributed by atoms with Crippen molar-refractivity contribution in [2.45, 2.75) is 11.4 Å². The molecule has 3 aromatic carbocycles. The second-order valence-corrected chi connectivity index (χ2v) is 9.16. The molecule has 0 aliphatic carbocycles. The van der Waals surface area contributed by atoms with E-state index in [0.717, 1.165) is 0 Å². The van der Waals surface area contributed by atoms with Gasteiger partial charge in [-0.15, -0.1) is 4.40 Å². The summed E-state index contributed by atoms with van der Waals surface area (Å²) in [7, 11) is -4.11. The molecule has 0 fully saturated rings. The maximum absolute atomic E-state index is 13.6. The molecular formula is C23H16N4O6S. The van der Waals surface area contributed by atoms with Crippen LogP contribution in [0.25, 0.3) is 10.9 Å². The highest BCUT2D eigenvalue weighted by Gasteiger charge is 2.29. The lowest BCUT2D eigenvalue weighted by Crippen LogP contribution is -2.33. The number of hydrogen-bond donors (Lipinski definition) is 2. The van der Waals surface area contributed by atoms with Crippen molar-refractivity contribution in [2.75, 3.05) is 5.32 Å². The van der Waals surface area contributed by atoms with Crippen LogP contribution >= 0.6 is 0 Å². The highest BCUT2D eigenvalue weighted by atomic mass is 32.2. The highest BCUT2D eigenvalue weighted by molar-refractivity contribution is 7.90. The third-order valence-electron chi connectivity index (χ3n) is 5.50. The molecule has 1 aliphatic heterocycles. The Kier molecular flexibility index (Phi) is 4.91. The Labute approximate surface area is 192 Å². The van der Waals surface area contributed by atoms with Gasteiger partial charge in [-0.1, -0.05) is 36.4 Å². The summed E-state index contributed by atoms with van der Waals surface area (Å²) in [5.41, 5.74) is 0.199. The molecule has 2 N–H and O–H groups in total. The number of aromatic hydroxyl groups is 1. The number of nitro groups is 1. The minimum atomic E-state index is -4.11. The fraction of sp³-hybridized carbons (Fsp3) is 0.0435. The first-order valence-corrected chi connectivity index (χ1v) is 11.5. The number of amidine groups is 1. The van der Waals surface area contributed by atoms with Crippen LogP contribution in [0.4, 0.5) is 11.4 Å². The molecule has 0 amide bonds. The molecule has 170 valence electrons. The van der Waals surface area contributed by atoms with Crippen LogP contribution in [-0.4, -0.2) is 28.9 Å². The Hall–Kier alpha value is -4.51. The number of non-ortho nitro benzene ring substituents is 1. The second-order valence-electron chi connectivity index (χ2n) is 7.59. The molecule has 4 aromatic rings. The molecule has 0 bridgehead atoms. The van der Waals surface area contributed by atoms with Crippen molar-refractivity contribution in [3.05, 3.63) is 104 Å². The molecule has 0 saturated carbocycles. The van der Waals surface area contributed by atoms with Gasteiger partial charge in [0.25, 0.3) is 21.3 Å². The Morgan fingerprint density at radius 2 is 1.68 bits per heavy atom. The smallest absolute Gasteiger partial charge is 0.286 e. The number of rotatable bonds is 4. The van der Waals surface area contributed by atoms with Crippen LogP contribution < -0.4 is 10.9 Å². The zero-order valence-electron chi connectivity index (χ0n) is 17.4. The first kappa shape index (κ1) is 21.3. The fourth-order valence-corrected chi connectivity index (χ4v) is 5.01. The standard InChI is InChI=1S/C23H16N4O6S/c28-21-16-5-1-3-7-18(16)26(13-14-9-11-15(12-10-14)27(30)31)23(29)20(21)22-24-17-6-2-4-8-19(17)34(32,33)25-22/h1-12,28H,13H2,(H,24,25). The van der Waals surface area contributed by atoms with E-state index in [9.17, 15) is 28.4 Å². The van der Waals surface area contributed by atoms with Crippen molar-refractivity contribution in [3.63, 3.8) is 0 Å². The van der Waals surface area contributed by atoms with E-state index in [1.165, 1.54) is 41.0 Å². The molecule has 0 saturated heterocycles. The van der Waals surface area contributed by atoms with Crippen molar-refractivity contribution in [3.8, 4) is 5.75 Å². The molecule has 0 spiro atoms. The number of fused-ring (bicyclic) bond motifs is 2. The first-order valence-electron chi connectivity index (χ1n) is 10.1. The van der Waals surface area contributed by atoms with Gasteiger partial charge in [0, 0.05) is 17.5 Å². The number of anilines is 1. The van der Waals surface area contributed by atoms with Gasteiger partial charge in [0.05, 0.1) is 22.7 Å². The lowest BCUT2D eigenvalue weighted by molar-refractivity contribution is -0.384. The van der Waals surface area contributed by atoms with E-state index in [0.29, 0.717) is 16.5 Å². The Bertz CT molecular complexity index is 1670. The molecule has 0 atom stereocenters. The van der Waals surface area contributed by atoms with Gasteiger partial charge in [-0.2, -0.15) is 8.42 Å². The zero-order chi connectivity index (χ0) is 24.0. The third kappa shape index (κ3) is 3.48. The highest BCUT2D eigenvalue weighted by Crippen LogP contribution is 2.32. The summed E-state index contributed by atoms with van der Waals surface area (Å²) in [5, 5.41) is 25.1. The summed E-state index contributed by atoms with van der Waals surface area (Å²) >= 11 is 0. The number of para-hydroxylation sites is 2. The lowest BCUT2D eigenvalue weighted by Gasteiger charge is -2.20. The molecular weight excluding hydrogens is 460 g/mol. The van der Waals surface area contributed by atoms with E-state index >= 15 is 0 Å². The summed E-state index contributed by atoms with van der Waals surface area (Å²) in [6, 6.07) is 18.5. The Balaban J connectivity index is 1.71. The van der Waals surface area contributed by atoms with Crippen LogP contribution in [0.5, 0.6) is 5.75 Å². The van der Waals surface area contributed by atoms with E-state index in [1.807, 2.05) is 0 Å². The van der Waals surface area contributed by atoms with E-state index in [-0.39, 0.29) is 34.2 Å². The molecule has 1 aliphatic rings. The summed E-state index contributed by atoms with van der Waals surface area (Å²) in [6.07, 6.45) is 0. The van der Waals surface area contributed by atoms with Gasteiger partial charge in [0.2, 0.25) is 0 Å². The van der Waals surface area contributed by atoms with Gasteiger partial charge in [-0.3, -0.25) is 14.9 Å². The normalized spacial score (nSPS) is 14.2. The minimum Gasteiger partial charge on any atom is -0.506 e. The van der Waals surface area contributed by atoms with Crippen LogP contribution in [0.3, 0.4) is 0 Å². The third-order valence-corrected chi connectivity index (χ3v) is 6.83. The van der Waals surface area contributed by atoms with Crippen LogP contribution in [0.1, 0.15) is 11.1 Å². The molecule has 1 aromatic heterocycles. The van der Waals surface area contributed by atoms with Crippen LogP contribution in [-0.2, 0) is 16.6 Å². The number of pyridine rings is 1. The molecule has 10 nitrogen and oxygen atoms in total. The van der Waals surface area contributed by atoms with Gasteiger partial charge >= 0.3 is 0 Å². The lowest BCUT2D eigenvalue weighted by atomic mass is 10.1. The van der Waals surface area contributed by atoms with Crippen molar-refractivity contribution in [1.29, 1.82) is 0 Å². The Morgan fingerprint density at radius 3 is 2.41 bits per heavy atom. The number of benzene rings is 3. The number of aromatic nitrogens is 1. The van der Waals surface area contributed by atoms with Crippen molar-refractivity contribution >= 4 is 38.1 Å². The SMILES string of the molecule is O=c1c(C2=NS(=O)(=O)c3ccccc3N2)c(O)c2ccccc2n1Cc1ccc([N+](=O)[O-])cc1. The number of nitrogens with zero attached hydrogens (tertiary/aromatic N) is 3. The first-order chi connectivity index (χ1) is 16.3. The van der Waals surface area contributed by atoms with E-state index < -0.39 is 26.3 Å². The molecule has 0 radical (unpaired) electrons. The van der Waals surface area contributed by atoms with Gasteiger partial charge in [-0.25, -0.2) is 0 Å². The van der Waals surface area contributed by atoms with Crippen molar-refractivity contribution in [2.24, 2.45) is 4.40 Å². The monoisotopic (exact) mass is 476 g/mol. The number of hydrogen-bond acceptors (Lipinski definition) is 7. The second kappa shape index (κ2) is 7.81. The van der Waals surface area contributed by atoms with Crippen LogP contribution in [0.15, 0.2) is 86.9 Å². The summed E-state index contributed by atoms with van der Waals surface area (Å²) in [4.78, 5) is 24.0. The quantitative estimate of drug-likeness (QED) is 0.340. The average molecular weight is 476 g/mol. The van der Waals surface area contributed by atoms with Crippen LogP contribution in [0.2, 0.25) is 0 Å². The maximum atomic E-state index is 13.6. The Morgan fingerprint density at radius 1 is 1.00 bits per heavy atom. The van der Waals surface area contributed by atoms with Gasteiger partial charge in [0.15, 0.2) is 5.84 Å². The van der Waals surface area contributed by atoms with Gasteiger partial charge in [-0.05, 0) is 29.8 Å². The van der Waals surface area contributed by atoms with E-state index in [4.69, 9.17) is 0 Å². The predicted octanol–water partition coefficient (Wildman–Crippen LogP) is 3.22. The predicted molar refractivity (Wildman–Crippen MR) is 126 cm³/mol. The zero-order valence-corrected chi connectivity index (χ0v) is 18.2. The minimum absolute atomic E-state index is 0.0290. The fourth-order valence-electron chi connectivity index (χ4n) is 3.89. The molecule has 34 heavy (non-hydrogen) atoms. The van der Waals surface area contributed by atoms with Gasteiger partial charge < -0.3 is 15.0 Å². The molecule has 0 unspecified atom stereocenters. The summed E-state index contributed by atoms with van der Waals surface area (Å²) < 4.78 is 30.6.